The van der Waals surface area contributed by atoms with E-state index in [0.29, 0.717) is 22.0 Å². The maximum atomic E-state index is 11.8. The Labute approximate surface area is 124 Å². The van der Waals surface area contributed by atoms with E-state index in [2.05, 4.69) is 27.9 Å². The number of nitrogens with two attached hydrogens (primary N) is 1. The number of hydrogen-bond acceptors (Lipinski definition) is 2. The smallest absolute Gasteiger partial charge is 0.251 e. The quantitative estimate of drug-likeness (QED) is 0.622. The van der Waals surface area contributed by atoms with Gasteiger partial charge in [-0.2, -0.15) is 0 Å². The molecule has 0 aliphatic heterocycles. The summed E-state index contributed by atoms with van der Waals surface area (Å²) in [5, 5.41) is 3.38. The predicted octanol–water partition coefficient (Wildman–Crippen LogP) is 2.74. The Morgan fingerprint density at radius 1 is 1.65 bits per heavy atom. The predicted molar refractivity (Wildman–Crippen MR) is 82.5 cm³/mol. The Kier molecular flexibility index (Phi) is 5.61. The summed E-state index contributed by atoms with van der Waals surface area (Å²) in [6, 6.07) is 5.09. The highest BCUT2D eigenvalue weighted by molar-refractivity contribution is 14.1. The molecule has 0 aliphatic rings. The van der Waals surface area contributed by atoms with Crippen LogP contribution in [0.1, 0.15) is 23.7 Å². The first kappa shape index (κ1) is 14.7. The minimum absolute atomic E-state index is 0.0851. The lowest BCUT2D eigenvalue weighted by molar-refractivity contribution is 0.0941. The van der Waals surface area contributed by atoms with Gasteiger partial charge in [-0.15, -0.1) is 0 Å². The molecule has 1 aromatic carbocycles. The van der Waals surface area contributed by atoms with E-state index < -0.39 is 0 Å². The number of hydrogen-bond donors (Lipinski definition) is 2. The maximum Gasteiger partial charge on any atom is 0.251 e. The highest BCUT2D eigenvalue weighted by Crippen LogP contribution is 2.19. The molecular formula is C11H12ClIN2OS. The largest absolute Gasteiger partial charge is 0.393 e. The summed E-state index contributed by atoms with van der Waals surface area (Å²) in [6.45, 7) is 1.85. The van der Waals surface area contributed by atoms with E-state index in [4.69, 9.17) is 29.6 Å². The summed E-state index contributed by atoms with van der Waals surface area (Å²) in [7, 11) is 0. The van der Waals surface area contributed by atoms with Crippen molar-refractivity contribution in [3.05, 3.63) is 32.4 Å². The van der Waals surface area contributed by atoms with Crippen molar-refractivity contribution in [1.82, 2.24) is 5.32 Å². The van der Waals surface area contributed by atoms with Gasteiger partial charge < -0.3 is 11.1 Å². The number of rotatable bonds is 4. The third-order valence-electron chi connectivity index (χ3n) is 2.07. The van der Waals surface area contributed by atoms with Crippen LogP contribution < -0.4 is 11.1 Å². The number of benzene rings is 1. The van der Waals surface area contributed by atoms with Gasteiger partial charge in [0.15, 0.2) is 0 Å². The monoisotopic (exact) mass is 382 g/mol. The molecule has 3 nitrogen and oxygen atoms in total. The first-order valence-electron chi connectivity index (χ1n) is 4.94. The highest BCUT2D eigenvalue weighted by atomic mass is 127. The summed E-state index contributed by atoms with van der Waals surface area (Å²) >= 11 is 12.8. The minimum atomic E-state index is -0.174. The number of halogens is 2. The molecule has 0 radical (unpaired) electrons. The molecule has 0 fully saturated rings. The molecule has 1 rings (SSSR count). The summed E-state index contributed by atoms with van der Waals surface area (Å²) in [4.78, 5) is 12.2. The van der Waals surface area contributed by atoms with Gasteiger partial charge in [0.05, 0.1) is 10.0 Å². The molecule has 1 amide bonds. The van der Waals surface area contributed by atoms with Crippen LogP contribution in [-0.4, -0.2) is 16.9 Å². The second-order valence-corrected chi connectivity index (χ2v) is 5.77. The number of nitrogens with one attached hydrogen (secondary N) is 1. The zero-order chi connectivity index (χ0) is 13.0. The van der Waals surface area contributed by atoms with Gasteiger partial charge in [-0.25, -0.2) is 0 Å². The molecule has 6 heteroatoms. The van der Waals surface area contributed by atoms with Crippen molar-refractivity contribution in [1.29, 1.82) is 0 Å². The molecule has 1 aromatic rings. The lowest BCUT2D eigenvalue weighted by atomic mass is 10.2. The zero-order valence-electron chi connectivity index (χ0n) is 9.17. The average Bonchev–Trinajstić information content (AvgIpc) is 2.20. The Hall–Kier alpha value is -0.400. The molecule has 1 unspecified atom stereocenters. The van der Waals surface area contributed by atoms with Crippen LogP contribution in [0.15, 0.2) is 18.2 Å². The van der Waals surface area contributed by atoms with Crippen molar-refractivity contribution >= 4 is 57.3 Å². The van der Waals surface area contributed by atoms with Crippen LogP contribution in [-0.2, 0) is 0 Å². The van der Waals surface area contributed by atoms with Crippen LogP contribution >= 0.6 is 46.4 Å². The van der Waals surface area contributed by atoms with Crippen LogP contribution in [0.3, 0.4) is 0 Å². The molecule has 0 aliphatic carbocycles. The lowest BCUT2D eigenvalue weighted by Gasteiger charge is -2.13. The Morgan fingerprint density at radius 3 is 2.82 bits per heavy atom. The number of carbonyl (C=O) groups is 1. The molecule has 0 saturated heterocycles. The van der Waals surface area contributed by atoms with E-state index in [0.717, 1.165) is 3.57 Å². The first-order valence-corrected chi connectivity index (χ1v) is 6.81. The minimum Gasteiger partial charge on any atom is -0.393 e. The third kappa shape index (κ3) is 4.77. The molecule has 92 valence electrons. The van der Waals surface area contributed by atoms with Crippen molar-refractivity contribution in [3.8, 4) is 0 Å². The first-order chi connectivity index (χ1) is 7.90. The summed E-state index contributed by atoms with van der Waals surface area (Å²) in [5.74, 6) is -0.174. The highest BCUT2D eigenvalue weighted by Gasteiger charge is 2.11. The van der Waals surface area contributed by atoms with Gasteiger partial charge in [0, 0.05) is 21.6 Å². The van der Waals surface area contributed by atoms with Crippen molar-refractivity contribution in [2.24, 2.45) is 5.73 Å². The van der Waals surface area contributed by atoms with Crippen LogP contribution in [0.25, 0.3) is 0 Å². The summed E-state index contributed by atoms with van der Waals surface area (Å²) < 4.78 is 0.914. The molecule has 0 heterocycles. The topological polar surface area (TPSA) is 55.1 Å². The molecule has 3 N–H and O–H groups in total. The summed E-state index contributed by atoms with van der Waals surface area (Å²) in [6.07, 6.45) is 0.485. The van der Waals surface area contributed by atoms with E-state index in [1.807, 2.05) is 6.92 Å². The van der Waals surface area contributed by atoms with Gasteiger partial charge in [0.25, 0.3) is 5.91 Å². The van der Waals surface area contributed by atoms with Gasteiger partial charge in [0.2, 0.25) is 0 Å². The van der Waals surface area contributed by atoms with Gasteiger partial charge in [-0.3, -0.25) is 4.79 Å². The van der Waals surface area contributed by atoms with Gasteiger partial charge in [-0.1, -0.05) is 23.8 Å². The fraction of sp³-hybridized carbons (Fsp3) is 0.273. The number of thiocarbonyl (C=S) groups is 1. The van der Waals surface area contributed by atoms with E-state index in [1.54, 1.807) is 18.2 Å². The second kappa shape index (κ2) is 6.51. The molecule has 0 aromatic heterocycles. The standard InChI is InChI=1S/C11H12ClIN2OS/c1-6(4-10(14)17)15-11(16)7-2-3-9(13)8(12)5-7/h2-3,5-6H,4H2,1H3,(H2,14,17)(H,15,16). The second-order valence-electron chi connectivity index (χ2n) is 3.67. The molecule has 0 bridgehead atoms. The summed E-state index contributed by atoms with van der Waals surface area (Å²) in [5.41, 5.74) is 5.94. The van der Waals surface area contributed by atoms with Gasteiger partial charge in [-0.05, 0) is 47.7 Å². The SMILES string of the molecule is CC(CC(N)=S)NC(=O)c1ccc(I)c(Cl)c1. The fourth-order valence-corrected chi connectivity index (χ4v) is 2.06. The van der Waals surface area contributed by atoms with E-state index in [1.165, 1.54) is 0 Å². The number of carbonyl (C=O) groups excluding carboxylic acids is 1. The molecule has 0 saturated carbocycles. The normalized spacial score (nSPS) is 11.9. The lowest BCUT2D eigenvalue weighted by Crippen LogP contribution is -2.35. The maximum absolute atomic E-state index is 11.8. The van der Waals surface area contributed by atoms with Gasteiger partial charge in [0.1, 0.15) is 0 Å². The van der Waals surface area contributed by atoms with Crippen LogP contribution in [0, 0.1) is 3.57 Å². The van der Waals surface area contributed by atoms with Crippen molar-refractivity contribution in [2.45, 2.75) is 19.4 Å². The average molecular weight is 383 g/mol. The van der Waals surface area contributed by atoms with Crippen molar-refractivity contribution in [2.75, 3.05) is 0 Å². The zero-order valence-corrected chi connectivity index (χ0v) is 12.9. The molecule has 17 heavy (non-hydrogen) atoms. The van der Waals surface area contributed by atoms with E-state index in [-0.39, 0.29) is 11.9 Å². The van der Waals surface area contributed by atoms with Crippen LogP contribution in [0.4, 0.5) is 0 Å². The Morgan fingerprint density at radius 2 is 2.29 bits per heavy atom. The number of amides is 1. The van der Waals surface area contributed by atoms with Gasteiger partial charge >= 0.3 is 0 Å². The molecule has 1 atom stereocenters. The molecule has 0 spiro atoms. The Balaban J connectivity index is 2.70. The van der Waals surface area contributed by atoms with E-state index in [9.17, 15) is 4.79 Å². The fourth-order valence-electron chi connectivity index (χ4n) is 1.30. The van der Waals surface area contributed by atoms with Crippen molar-refractivity contribution < 1.29 is 4.79 Å². The Bertz CT molecular complexity index is 453. The van der Waals surface area contributed by atoms with Crippen molar-refractivity contribution in [3.63, 3.8) is 0 Å². The molecular weight excluding hydrogens is 371 g/mol. The van der Waals surface area contributed by atoms with Crippen LogP contribution in [0.5, 0.6) is 0 Å². The van der Waals surface area contributed by atoms with Crippen LogP contribution in [0.2, 0.25) is 5.02 Å². The van der Waals surface area contributed by atoms with E-state index >= 15 is 0 Å². The third-order valence-corrected chi connectivity index (χ3v) is 3.81.